The van der Waals surface area contributed by atoms with Crippen LogP contribution in [-0.2, 0) is 4.79 Å². The van der Waals surface area contributed by atoms with Gasteiger partial charge in [0.1, 0.15) is 0 Å². The molecule has 3 nitrogen and oxygen atoms in total. The lowest BCUT2D eigenvalue weighted by atomic mass is 10.0. The Kier molecular flexibility index (Phi) is 3.01. The van der Waals surface area contributed by atoms with Crippen LogP contribution < -0.4 is 5.73 Å². The molecule has 2 fully saturated rings. The molecule has 2 rings (SSSR count). The van der Waals surface area contributed by atoms with Crippen molar-refractivity contribution in [2.75, 3.05) is 6.54 Å². The van der Waals surface area contributed by atoms with Crippen LogP contribution in [0, 0.1) is 11.8 Å². The second-order valence-corrected chi connectivity index (χ2v) is 5.43. The standard InChI is InChI=1S/C12H22N2O/c1-8(2)11(13)12(15)14(10-5-6-10)7-9-3-4-9/h8-11H,3-7,13H2,1-2H3/t11-/m0/s1. The molecule has 2 aliphatic rings. The van der Waals surface area contributed by atoms with Crippen LogP contribution in [0.25, 0.3) is 0 Å². The van der Waals surface area contributed by atoms with Gasteiger partial charge in [0.2, 0.25) is 5.91 Å². The van der Waals surface area contributed by atoms with Crippen molar-refractivity contribution in [2.45, 2.75) is 51.6 Å². The fourth-order valence-corrected chi connectivity index (χ4v) is 1.86. The number of carbonyl (C=O) groups is 1. The summed E-state index contributed by atoms with van der Waals surface area (Å²) in [7, 11) is 0. The van der Waals surface area contributed by atoms with E-state index in [-0.39, 0.29) is 17.9 Å². The summed E-state index contributed by atoms with van der Waals surface area (Å²) in [4.78, 5) is 14.2. The second kappa shape index (κ2) is 4.12. The third-order valence-corrected chi connectivity index (χ3v) is 3.43. The van der Waals surface area contributed by atoms with Crippen molar-refractivity contribution in [3.8, 4) is 0 Å². The normalized spacial score (nSPS) is 22.9. The van der Waals surface area contributed by atoms with E-state index in [9.17, 15) is 4.79 Å². The number of nitrogens with zero attached hydrogens (tertiary/aromatic N) is 1. The number of nitrogens with two attached hydrogens (primary N) is 1. The van der Waals surface area contributed by atoms with E-state index in [0.717, 1.165) is 12.5 Å². The van der Waals surface area contributed by atoms with Crippen LogP contribution in [0.2, 0.25) is 0 Å². The van der Waals surface area contributed by atoms with Gasteiger partial charge < -0.3 is 10.6 Å². The highest BCUT2D eigenvalue weighted by Crippen LogP contribution is 2.35. The minimum absolute atomic E-state index is 0.180. The van der Waals surface area contributed by atoms with Crippen molar-refractivity contribution >= 4 is 5.91 Å². The largest absolute Gasteiger partial charge is 0.338 e. The van der Waals surface area contributed by atoms with Crippen LogP contribution in [0.15, 0.2) is 0 Å². The van der Waals surface area contributed by atoms with Gasteiger partial charge in [-0.05, 0) is 37.5 Å². The van der Waals surface area contributed by atoms with Gasteiger partial charge in [-0.3, -0.25) is 4.79 Å². The molecule has 2 saturated carbocycles. The maximum Gasteiger partial charge on any atom is 0.240 e. The first-order valence-electron chi connectivity index (χ1n) is 6.15. The second-order valence-electron chi connectivity index (χ2n) is 5.43. The molecule has 0 aliphatic heterocycles. The van der Waals surface area contributed by atoms with Gasteiger partial charge in [0.15, 0.2) is 0 Å². The average molecular weight is 210 g/mol. The molecule has 86 valence electrons. The molecule has 0 radical (unpaired) electrons. The van der Waals surface area contributed by atoms with Crippen LogP contribution in [-0.4, -0.2) is 29.4 Å². The first-order valence-corrected chi connectivity index (χ1v) is 6.15. The number of hydrogen-bond donors (Lipinski definition) is 1. The van der Waals surface area contributed by atoms with E-state index >= 15 is 0 Å². The molecule has 0 aromatic rings. The molecule has 0 bridgehead atoms. The Hall–Kier alpha value is -0.570. The molecule has 0 heterocycles. The topological polar surface area (TPSA) is 46.3 Å². The molecule has 0 saturated heterocycles. The van der Waals surface area contributed by atoms with Gasteiger partial charge >= 0.3 is 0 Å². The maximum absolute atomic E-state index is 12.1. The smallest absolute Gasteiger partial charge is 0.240 e. The fourth-order valence-electron chi connectivity index (χ4n) is 1.86. The zero-order valence-electron chi connectivity index (χ0n) is 9.78. The van der Waals surface area contributed by atoms with Gasteiger partial charge in [0.25, 0.3) is 0 Å². The summed E-state index contributed by atoms with van der Waals surface area (Å²) in [6, 6.07) is 0.215. The lowest BCUT2D eigenvalue weighted by Gasteiger charge is -2.27. The predicted molar refractivity (Wildman–Crippen MR) is 60.3 cm³/mol. The average Bonchev–Trinajstić information content (AvgIpc) is 3.00. The van der Waals surface area contributed by atoms with Gasteiger partial charge in [-0.15, -0.1) is 0 Å². The van der Waals surface area contributed by atoms with E-state index in [0.29, 0.717) is 6.04 Å². The summed E-state index contributed by atoms with van der Waals surface area (Å²) >= 11 is 0. The van der Waals surface area contributed by atoms with Crippen molar-refractivity contribution in [3.63, 3.8) is 0 Å². The van der Waals surface area contributed by atoms with Gasteiger partial charge in [-0.25, -0.2) is 0 Å². The Labute approximate surface area is 92.0 Å². The fraction of sp³-hybridized carbons (Fsp3) is 0.917. The zero-order chi connectivity index (χ0) is 11.0. The van der Waals surface area contributed by atoms with Gasteiger partial charge in [0, 0.05) is 12.6 Å². The molecular weight excluding hydrogens is 188 g/mol. The molecule has 2 N–H and O–H groups in total. The Bertz CT molecular complexity index is 244. The molecule has 0 aromatic carbocycles. The highest BCUT2D eigenvalue weighted by atomic mass is 16.2. The Morgan fingerprint density at radius 1 is 1.33 bits per heavy atom. The molecule has 0 spiro atoms. The first-order chi connectivity index (χ1) is 7.09. The first kappa shape index (κ1) is 10.9. The number of amides is 1. The quantitative estimate of drug-likeness (QED) is 0.745. The van der Waals surface area contributed by atoms with Crippen LogP contribution in [0.1, 0.15) is 39.5 Å². The van der Waals surface area contributed by atoms with Gasteiger partial charge in [0.05, 0.1) is 6.04 Å². The van der Waals surface area contributed by atoms with Crippen LogP contribution in [0.4, 0.5) is 0 Å². The third-order valence-electron chi connectivity index (χ3n) is 3.43. The maximum atomic E-state index is 12.1. The minimum Gasteiger partial charge on any atom is -0.338 e. The molecule has 0 aromatic heterocycles. The van der Waals surface area contributed by atoms with E-state index in [1.807, 2.05) is 13.8 Å². The summed E-state index contributed by atoms with van der Waals surface area (Å²) in [5.74, 6) is 1.20. The molecule has 1 amide bonds. The van der Waals surface area contributed by atoms with E-state index in [2.05, 4.69) is 4.90 Å². The van der Waals surface area contributed by atoms with Crippen LogP contribution in [0.5, 0.6) is 0 Å². The lowest BCUT2D eigenvalue weighted by molar-refractivity contribution is -0.134. The summed E-state index contributed by atoms with van der Waals surface area (Å²) in [6.45, 7) is 5.00. The lowest BCUT2D eigenvalue weighted by Crippen LogP contribution is -2.48. The molecule has 2 aliphatic carbocycles. The van der Waals surface area contributed by atoms with Crippen molar-refractivity contribution in [1.29, 1.82) is 0 Å². The predicted octanol–water partition coefficient (Wildman–Crippen LogP) is 1.37. The van der Waals surface area contributed by atoms with Crippen molar-refractivity contribution in [2.24, 2.45) is 17.6 Å². The van der Waals surface area contributed by atoms with Crippen LogP contribution >= 0.6 is 0 Å². The summed E-state index contributed by atoms with van der Waals surface area (Å²) in [5, 5.41) is 0. The third kappa shape index (κ3) is 2.71. The number of carbonyl (C=O) groups excluding carboxylic acids is 1. The highest BCUT2D eigenvalue weighted by Gasteiger charge is 2.38. The van der Waals surface area contributed by atoms with E-state index < -0.39 is 0 Å². The Balaban J connectivity index is 1.93. The summed E-state index contributed by atoms with van der Waals surface area (Å²) < 4.78 is 0. The van der Waals surface area contributed by atoms with E-state index in [1.54, 1.807) is 0 Å². The van der Waals surface area contributed by atoms with Crippen molar-refractivity contribution < 1.29 is 4.79 Å². The van der Waals surface area contributed by atoms with Gasteiger partial charge in [-0.2, -0.15) is 0 Å². The number of rotatable bonds is 5. The zero-order valence-corrected chi connectivity index (χ0v) is 9.78. The van der Waals surface area contributed by atoms with E-state index in [1.165, 1.54) is 25.7 Å². The number of hydrogen-bond acceptors (Lipinski definition) is 2. The summed E-state index contributed by atoms with van der Waals surface area (Å²) in [5.41, 5.74) is 5.93. The molecule has 1 atom stereocenters. The Morgan fingerprint density at radius 2 is 1.93 bits per heavy atom. The monoisotopic (exact) mass is 210 g/mol. The van der Waals surface area contributed by atoms with Gasteiger partial charge in [-0.1, -0.05) is 13.8 Å². The molecule has 3 heteroatoms. The van der Waals surface area contributed by atoms with E-state index in [4.69, 9.17) is 5.73 Å². The molecule has 15 heavy (non-hydrogen) atoms. The minimum atomic E-state index is -0.302. The van der Waals surface area contributed by atoms with Crippen molar-refractivity contribution in [1.82, 2.24) is 4.90 Å². The van der Waals surface area contributed by atoms with Crippen molar-refractivity contribution in [3.05, 3.63) is 0 Å². The SMILES string of the molecule is CC(C)[C@H](N)C(=O)N(CC1CC1)C1CC1. The van der Waals surface area contributed by atoms with Crippen LogP contribution in [0.3, 0.4) is 0 Å². The molecular formula is C12H22N2O. The summed E-state index contributed by atoms with van der Waals surface area (Å²) in [6.07, 6.45) is 4.97. The highest BCUT2D eigenvalue weighted by molar-refractivity contribution is 5.82. The Morgan fingerprint density at radius 3 is 2.33 bits per heavy atom. The molecule has 0 unspecified atom stereocenters.